The molecule has 0 unspecified atom stereocenters. The SMILES string of the molecule is CC(=O)COC(C)=O.[Zn]. The Morgan fingerprint density at radius 3 is 1.89 bits per heavy atom. The summed E-state index contributed by atoms with van der Waals surface area (Å²) in [5, 5.41) is 0. The molecule has 0 spiro atoms. The summed E-state index contributed by atoms with van der Waals surface area (Å²) in [6.45, 7) is 2.53. The number of Topliss-reactive ketones (excluding diaryl/α,β-unsaturated/α-hetero) is 1. The van der Waals surface area contributed by atoms with E-state index in [-0.39, 0.29) is 31.9 Å². The maximum absolute atomic E-state index is 10.1. The van der Waals surface area contributed by atoms with Crippen molar-refractivity contribution in [3.63, 3.8) is 0 Å². The first kappa shape index (κ1) is 11.5. The van der Waals surface area contributed by atoms with Crippen LogP contribution < -0.4 is 0 Å². The van der Waals surface area contributed by atoms with Crippen LogP contribution in [0, 0.1) is 0 Å². The van der Waals surface area contributed by atoms with E-state index in [1.54, 1.807) is 0 Å². The molecule has 0 heterocycles. The fourth-order valence-corrected chi connectivity index (χ4v) is 0.203. The summed E-state index contributed by atoms with van der Waals surface area (Å²) in [6, 6.07) is 0. The molecular formula is C5H8O3Zn. The van der Waals surface area contributed by atoms with Gasteiger partial charge in [-0.15, -0.1) is 0 Å². The largest absolute Gasteiger partial charge is 0.458 e. The average Bonchev–Trinajstić information content (AvgIpc) is 1.61. The third kappa shape index (κ3) is 11.4. The maximum Gasteiger partial charge on any atom is 0.303 e. The van der Waals surface area contributed by atoms with Crippen molar-refractivity contribution in [2.24, 2.45) is 0 Å². The van der Waals surface area contributed by atoms with Crippen molar-refractivity contribution in [2.75, 3.05) is 6.61 Å². The second-order valence-electron chi connectivity index (χ2n) is 1.48. The third-order valence-corrected chi connectivity index (χ3v) is 0.479. The van der Waals surface area contributed by atoms with Crippen molar-refractivity contribution in [1.82, 2.24) is 0 Å². The van der Waals surface area contributed by atoms with E-state index in [2.05, 4.69) is 4.74 Å². The number of carbonyl (C=O) groups is 2. The minimum absolute atomic E-state index is 0. The van der Waals surface area contributed by atoms with Crippen LogP contribution in [0.2, 0.25) is 0 Å². The van der Waals surface area contributed by atoms with E-state index in [1.807, 2.05) is 0 Å². The predicted molar refractivity (Wildman–Crippen MR) is 27.3 cm³/mol. The molecule has 48 valence electrons. The average molecular weight is 182 g/mol. The van der Waals surface area contributed by atoms with E-state index < -0.39 is 5.97 Å². The van der Waals surface area contributed by atoms with Gasteiger partial charge in [-0.1, -0.05) is 0 Å². The Kier molecular flexibility index (Phi) is 7.56. The van der Waals surface area contributed by atoms with E-state index in [4.69, 9.17) is 0 Å². The number of rotatable bonds is 2. The monoisotopic (exact) mass is 180 g/mol. The summed E-state index contributed by atoms with van der Waals surface area (Å²) in [6.07, 6.45) is 0. The zero-order valence-electron chi connectivity index (χ0n) is 5.64. The molecule has 3 nitrogen and oxygen atoms in total. The van der Waals surface area contributed by atoms with Gasteiger partial charge >= 0.3 is 5.97 Å². The van der Waals surface area contributed by atoms with Gasteiger partial charge in [0, 0.05) is 26.4 Å². The summed E-state index contributed by atoms with van der Waals surface area (Å²) < 4.78 is 4.31. The van der Waals surface area contributed by atoms with Crippen LogP contribution in [0.3, 0.4) is 0 Å². The molecule has 0 aromatic heterocycles. The van der Waals surface area contributed by atoms with Crippen molar-refractivity contribution >= 4 is 11.8 Å². The Bertz CT molecular complexity index is 96.8. The molecule has 0 atom stereocenters. The fraction of sp³-hybridized carbons (Fsp3) is 0.600. The number of ketones is 1. The van der Waals surface area contributed by atoms with Gasteiger partial charge in [-0.05, 0) is 6.92 Å². The molecule has 0 rings (SSSR count). The number of hydrogen-bond donors (Lipinski definition) is 0. The number of hydrogen-bond acceptors (Lipinski definition) is 3. The summed E-state index contributed by atoms with van der Waals surface area (Å²) in [5.41, 5.74) is 0. The van der Waals surface area contributed by atoms with Gasteiger partial charge in [0.1, 0.15) is 6.61 Å². The molecule has 0 saturated carbocycles. The van der Waals surface area contributed by atoms with E-state index >= 15 is 0 Å². The predicted octanol–water partition coefficient (Wildman–Crippen LogP) is 0.136. The molecule has 0 aliphatic carbocycles. The second-order valence-corrected chi connectivity index (χ2v) is 1.48. The fourth-order valence-electron chi connectivity index (χ4n) is 0.203. The Hall–Kier alpha value is -0.237. The molecule has 0 aromatic rings. The van der Waals surface area contributed by atoms with Crippen molar-refractivity contribution < 1.29 is 33.8 Å². The Morgan fingerprint density at radius 1 is 1.33 bits per heavy atom. The van der Waals surface area contributed by atoms with Crippen LogP contribution in [0.15, 0.2) is 0 Å². The zero-order valence-corrected chi connectivity index (χ0v) is 8.61. The summed E-state index contributed by atoms with van der Waals surface area (Å²) in [4.78, 5) is 20.0. The molecule has 4 heteroatoms. The van der Waals surface area contributed by atoms with Gasteiger partial charge in [-0.25, -0.2) is 0 Å². The molecule has 0 bridgehead atoms. The standard InChI is InChI=1S/C5H8O3.Zn/c1-4(6)3-8-5(2)7;/h3H2,1-2H3;. The molecular weight excluding hydrogens is 173 g/mol. The van der Waals surface area contributed by atoms with Crippen molar-refractivity contribution in [2.45, 2.75) is 13.8 Å². The van der Waals surface area contributed by atoms with Crippen molar-refractivity contribution in [3.05, 3.63) is 0 Å². The number of ether oxygens (including phenoxy) is 1. The Balaban J connectivity index is 0. The minimum Gasteiger partial charge on any atom is -0.458 e. The minimum atomic E-state index is -0.416. The zero-order chi connectivity index (χ0) is 6.57. The van der Waals surface area contributed by atoms with Crippen LogP contribution in [0.25, 0.3) is 0 Å². The Morgan fingerprint density at radius 2 is 1.78 bits per heavy atom. The molecule has 0 fully saturated rings. The smallest absolute Gasteiger partial charge is 0.303 e. The summed E-state index contributed by atoms with van der Waals surface area (Å²) in [7, 11) is 0. The number of carbonyl (C=O) groups excluding carboxylic acids is 2. The van der Waals surface area contributed by atoms with Crippen molar-refractivity contribution in [1.29, 1.82) is 0 Å². The first-order chi connectivity index (χ1) is 3.63. The quantitative estimate of drug-likeness (QED) is 0.450. The van der Waals surface area contributed by atoms with Crippen LogP contribution in [-0.2, 0) is 33.8 Å². The maximum atomic E-state index is 10.1. The van der Waals surface area contributed by atoms with Gasteiger partial charge in [0.2, 0.25) is 0 Å². The van der Waals surface area contributed by atoms with Crippen LogP contribution in [0.1, 0.15) is 13.8 Å². The third-order valence-electron chi connectivity index (χ3n) is 0.479. The number of esters is 1. The van der Waals surface area contributed by atoms with Gasteiger partial charge < -0.3 is 4.74 Å². The molecule has 0 radical (unpaired) electrons. The van der Waals surface area contributed by atoms with Crippen LogP contribution in [-0.4, -0.2) is 18.4 Å². The molecule has 0 aromatic carbocycles. The van der Waals surface area contributed by atoms with Gasteiger partial charge in [-0.2, -0.15) is 0 Å². The van der Waals surface area contributed by atoms with E-state index in [0.717, 1.165) is 0 Å². The molecule has 0 aliphatic heterocycles. The first-order valence-corrected chi connectivity index (χ1v) is 2.25. The van der Waals surface area contributed by atoms with E-state index in [0.29, 0.717) is 0 Å². The van der Waals surface area contributed by atoms with Gasteiger partial charge in [0.15, 0.2) is 5.78 Å². The van der Waals surface area contributed by atoms with Crippen LogP contribution in [0.5, 0.6) is 0 Å². The second kappa shape index (κ2) is 5.89. The molecule has 0 amide bonds. The summed E-state index contributed by atoms with van der Waals surface area (Å²) in [5.74, 6) is -0.555. The Labute approximate surface area is 66.5 Å². The molecule has 0 saturated heterocycles. The van der Waals surface area contributed by atoms with E-state index in [9.17, 15) is 9.59 Å². The summed E-state index contributed by atoms with van der Waals surface area (Å²) >= 11 is 0. The molecule has 9 heavy (non-hydrogen) atoms. The van der Waals surface area contributed by atoms with E-state index in [1.165, 1.54) is 13.8 Å². The topological polar surface area (TPSA) is 43.4 Å². The normalized spacial score (nSPS) is 7.33. The van der Waals surface area contributed by atoms with Gasteiger partial charge in [0.25, 0.3) is 0 Å². The van der Waals surface area contributed by atoms with Crippen LogP contribution in [0.4, 0.5) is 0 Å². The van der Waals surface area contributed by atoms with Crippen molar-refractivity contribution in [3.8, 4) is 0 Å². The first-order valence-electron chi connectivity index (χ1n) is 2.25. The van der Waals surface area contributed by atoms with Crippen LogP contribution >= 0.6 is 0 Å². The molecule has 0 N–H and O–H groups in total. The molecule has 0 aliphatic rings. The van der Waals surface area contributed by atoms with Gasteiger partial charge in [0.05, 0.1) is 0 Å². The van der Waals surface area contributed by atoms with Gasteiger partial charge in [-0.3, -0.25) is 9.59 Å².